The quantitative estimate of drug-likeness (QED) is 0.374. The van der Waals surface area contributed by atoms with Gasteiger partial charge in [0.05, 0.1) is 13.2 Å². The molecule has 0 aromatic carbocycles. The van der Waals surface area contributed by atoms with Crippen molar-refractivity contribution in [1.82, 2.24) is 4.90 Å². The second kappa shape index (κ2) is 11.2. The Bertz CT molecular complexity index is 427. The zero-order chi connectivity index (χ0) is 17.9. The van der Waals surface area contributed by atoms with Gasteiger partial charge in [0.25, 0.3) is 0 Å². The van der Waals surface area contributed by atoms with E-state index in [4.69, 9.17) is 14.6 Å². The third kappa shape index (κ3) is 8.45. The van der Waals surface area contributed by atoms with Crippen molar-refractivity contribution in [2.45, 2.75) is 52.6 Å². The van der Waals surface area contributed by atoms with E-state index in [0.29, 0.717) is 6.42 Å². The molecule has 24 heavy (non-hydrogen) atoms. The number of carbonyl (C=O) groups is 2. The second-order valence-corrected chi connectivity index (χ2v) is 6.63. The summed E-state index contributed by atoms with van der Waals surface area (Å²) in [7, 11) is 0. The van der Waals surface area contributed by atoms with Crippen LogP contribution >= 0.6 is 0 Å². The highest BCUT2D eigenvalue weighted by atomic mass is 16.5. The lowest BCUT2D eigenvalue weighted by Gasteiger charge is -2.26. The minimum absolute atomic E-state index is 0.202. The minimum Gasteiger partial charge on any atom is -0.478 e. The fourth-order valence-corrected chi connectivity index (χ4v) is 2.42. The van der Waals surface area contributed by atoms with E-state index in [0.717, 1.165) is 58.2 Å². The van der Waals surface area contributed by atoms with Crippen LogP contribution in [-0.2, 0) is 19.1 Å². The Hall–Kier alpha value is -1.40. The van der Waals surface area contributed by atoms with Crippen molar-refractivity contribution in [3.63, 3.8) is 0 Å². The SMILES string of the molecule is CC(C)C(C)OC(=O)/C(=C/C(=O)O)CCCCCN1CCOCC1. The molecule has 1 saturated heterocycles. The molecule has 1 aliphatic rings. The summed E-state index contributed by atoms with van der Waals surface area (Å²) >= 11 is 0. The average molecular weight is 341 g/mol. The van der Waals surface area contributed by atoms with Gasteiger partial charge >= 0.3 is 11.9 Å². The standard InChI is InChI=1S/C18H31NO5/c1-14(2)15(3)24-18(22)16(13-17(20)21)7-5-4-6-8-19-9-11-23-12-10-19/h13-15H,4-12H2,1-3H3,(H,20,21)/b16-13+. The Kier molecular flexibility index (Phi) is 9.64. The van der Waals surface area contributed by atoms with E-state index in [2.05, 4.69) is 4.90 Å². The van der Waals surface area contributed by atoms with E-state index in [1.54, 1.807) is 0 Å². The average Bonchev–Trinajstić information content (AvgIpc) is 2.53. The first-order chi connectivity index (χ1) is 11.4. The molecule has 6 nitrogen and oxygen atoms in total. The molecule has 0 bridgehead atoms. The summed E-state index contributed by atoms with van der Waals surface area (Å²) in [6, 6.07) is 0. The maximum atomic E-state index is 12.1. The largest absolute Gasteiger partial charge is 0.478 e. The number of nitrogens with zero attached hydrogens (tertiary/aromatic N) is 1. The summed E-state index contributed by atoms with van der Waals surface area (Å²) in [5.41, 5.74) is 0.251. The molecule has 1 rings (SSSR count). The lowest BCUT2D eigenvalue weighted by atomic mass is 10.1. The second-order valence-electron chi connectivity index (χ2n) is 6.63. The van der Waals surface area contributed by atoms with Gasteiger partial charge in [0.15, 0.2) is 0 Å². The van der Waals surface area contributed by atoms with Crippen LogP contribution < -0.4 is 0 Å². The predicted molar refractivity (Wildman–Crippen MR) is 91.8 cm³/mol. The predicted octanol–water partition coefficient (Wildman–Crippen LogP) is 2.48. The van der Waals surface area contributed by atoms with E-state index in [-0.39, 0.29) is 17.6 Å². The molecule has 0 aliphatic carbocycles. The molecule has 0 radical (unpaired) electrons. The molecular weight excluding hydrogens is 310 g/mol. The Labute approximate surface area is 144 Å². The van der Waals surface area contributed by atoms with E-state index < -0.39 is 11.9 Å². The topological polar surface area (TPSA) is 76.1 Å². The molecule has 0 spiro atoms. The zero-order valence-electron chi connectivity index (χ0n) is 15.1. The van der Waals surface area contributed by atoms with Crippen LogP contribution in [-0.4, -0.2) is 60.9 Å². The number of carboxylic acids is 1. The fraction of sp³-hybridized carbons (Fsp3) is 0.778. The van der Waals surface area contributed by atoms with Crippen LogP contribution in [0.25, 0.3) is 0 Å². The van der Waals surface area contributed by atoms with Crippen LogP contribution in [0.3, 0.4) is 0 Å². The molecule has 1 heterocycles. The molecule has 6 heteroatoms. The Morgan fingerprint density at radius 3 is 2.42 bits per heavy atom. The Morgan fingerprint density at radius 2 is 1.83 bits per heavy atom. The van der Waals surface area contributed by atoms with Gasteiger partial charge in [0.2, 0.25) is 0 Å². The van der Waals surface area contributed by atoms with Crippen LogP contribution in [0.2, 0.25) is 0 Å². The first kappa shape index (κ1) is 20.6. The molecule has 1 atom stereocenters. The van der Waals surface area contributed by atoms with Crippen LogP contribution in [0.5, 0.6) is 0 Å². The van der Waals surface area contributed by atoms with Crippen LogP contribution in [0.15, 0.2) is 11.6 Å². The van der Waals surface area contributed by atoms with Crippen molar-refractivity contribution >= 4 is 11.9 Å². The minimum atomic E-state index is -1.10. The van der Waals surface area contributed by atoms with Crippen LogP contribution in [0, 0.1) is 5.92 Å². The van der Waals surface area contributed by atoms with E-state index in [1.165, 1.54) is 0 Å². The number of rotatable bonds is 10. The molecule has 1 aliphatic heterocycles. The monoisotopic (exact) mass is 341 g/mol. The number of hydrogen-bond donors (Lipinski definition) is 1. The Balaban J connectivity index is 2.34. The van der Waals surface area contributed by atoms with Gasteiger partial charge < -0.3 is 14.6 Å². The van der Waals surface area contributed by atoms with E-state index >= 15 is 0 Å². The highest BCUT2D eigenvalue weighted by molar-refractivity contribution is 5.95. The third-order valence-electron chi connectivity index (χ3n) is 4.32. The van der Waals surface area contributed by atoms with Crippen molar-refractivity contribution in [2.75, 3.05) is 32.8 Å². The van der Waals surface area contributed by atoms with Gasteiger partial charge in [0.1, 0.15) is 6.10 Å². The highest BCUT2D eigenvalue weighted by Gasteiger charge is 2.18. The number of esters is 1. The lowest BCUT2D eigenvalue weighted by Crippen LogP contribution is -2.36. The van der Waals surface area contributed by atoms with Crippen molar-refractivity contribution < 1.29 is 24.2 Å². The number of carboxylic acid groups (broad SMARTS) is 1. The molecule has 0 saturated carbocycles. The summed E-state index contributed by atoms with van der Waals surface area (Å²) in [5, 5.41) is 8.95. The summed E-state index contributed by atoms with van der Waals surface area (Å²) in [6.45, 7) is 10.3. The van der Waals surface area contributed by atoms with Crippen molar-refractivity contribution in [3.05, 3.63) is 11.6 Å². The first-order valence-corrected chi connectivity index (χ1v) is 8.84. The molecule has 0 aromatic rings. The fourth-order valence-electron chi connectivity index (χ4n) is 2.42. The summed E-state index contributed by atoms with van der Waals surface area (Å²) in [4.78, 5) is 25.4. The van der Waals surface area contributed by atoms with Crippen LogP contribution in [0.1, 0.15) is 46.5 Å². The first-order valence-electron chi connectivity index (χ1n) is 8.84. The smallest absolute Gasteiger partial charge is 0.334 e. The number of unbranched alkanes of at least 4 members (excludes halogenated alkanes) is 2. The van der Waals surface area contributed by atoms with Crippen LogP contribution in [0.4, 0.5) is 0 Å². The molecular formula is C18H31NO5. The number of hydrogen-bond acceptors (Lipinski definition) is 5. The molecule has 1 fully saturated rings. The molecule has 1 unspecified atom stereocenters. The van der Waals surface area contributed by atoms with Gasteiger partial charge in [0, 0.05) is 24.7 Å². The maximum absolute atomic E-state index is 12.1. The van der Waals surface area contributed by atoms with Gasteiger partial charge in [-0.2, -0.15) is 0 Å². The molecule has 1 N–H and O–H groups in total. The number of aliphatic carboxylic acids is 1. The summed E-state index contributed by atoms with van der Waals surface area (Å²) in [6.07, 6.45) is 3.99. The van der Waals surface area contributed by atoms with Gasteiger partial charge in [-0.3, -0.25) is 4.90 Å². The maximum Gasteiger partial charge on any atom is 0.334 e. The van der Waals surface area contributed by atoms with Gasteiger partial charge in [-0.25, -0.2) is 9.59 Å². The Morgan fingerprint density at radius 1 is 1.17 bits per heavy atom. The molecule has 0 aromatic heterocycles. The number of morpholine rings is 1. The van der Waals surface area contributed by atoms with Crippen molar-refractivity contribution in [3.8, 4) is 0 Å². The van der Waals surface area contributed by atoms with E-state index in [1.807, 2.05) is 20.8 Å². The number of ether oxygens (including phenoxy) is 2. The molecule has 0 amide bonds. The van der Waals surface area contributed by atoms with Crippen molar-refractivity contribution in [2.24, 2.45) is 5.92 Å². The lowest BCUT2D eigenvalue weighted by molar-refractivity contribution is -0.146. The molecule has 138 valence electrons. The van der Waals surface area contributed by atoms with Gasteiger partial charge in [-0.15, -0.1) is 0 Å². The summed E-state index contributed by atoms with van der Waals surface area (Å²) < 4.78 is 10.6. The van der Waals surface area contributed by atoms with Gasteiger partial charge in [-0.05, 0) is 38.6 Å². The van der Waals surface area contributed by atoms with Crippen molar-refractivity contribution in [1.29, 1.82) is 0 Å². The third-order valence-corrected chi connectivity index (χ3v) is 4.32. The summed E-state index contributed by atoms with van der Waals surface area (Å²) in [5.74, 6) is -1.41. The normalized spacial score (nSPS) is 17.8. The zero-order valence-corrected chi connectivity index (χ0v) is 15.1. The highest BCUT2D eigenvalue weighted by Crippen LogP contribution is 2.15. The number of carbonyl (C=O) groups excluding carboxylic acids is 1. The van der Waals surface area contributed by atoms with E-state index in [9.17, 15) is 9.59 Å². The van der Waals surface area contributed by atoms with Gasteiger partial charge in [-0.1, -0.05) is 20.3 Å².